The molecule has 17 heteroatoms. The number of nitrogens with zero attached hydrogens (tertiary/aromatic N) is 5. The molecule has 0 spiro atoms. The highest BCUT2D eigenvalue weighted by Gasteiger charge is 2.23. The topological polar surface area (TPSA) is 190 Å². The summed E-state index contributed by atoms with van der Waals surface area (Å²) in [5, 5.41) is 29.2. The molecule has 0 radical (unpaired) electrons. The van der Waals surface area contributed by atoms with Gasteiger partial charge in [-0.3, -0.25) is 9.59 Å². The molecule has 328 valence electrons. The molecule has 0 unspecified atom stereocenters. The average Bonchev–Trinajstić information content (AvgIpc) is 3.31. The van der Waals surface area contributed by atoms with Crippen LogP contribution in [0.4, 0.5) is 22.9 Å². The zero-order valence-electron chi connectivity index (χ0n) is 35.2. The SMILES string of the molecule is CCCOc1cc(Oc2ccccc2Cl)nc2ccc(NC(=O)c3nc(-c4ccc(N(C)c5ccc6cc(NC(=O)c7nccc(OC)c7O)ccc6n5)c(Cl)c4)cc(OC)c3O)cc12. The van der Waals surface area contributed by atoms with E-state index < -0.39 is 17.6 Å². The van der Waals surface area contributed by atoms with E-state index in [0.29, 0.717) is 78.7 Å². The first-order valence-corrected chi connectivity index (χ1v) is 20.8. The first-order valence-electron chi connectivity index (χ1n) is 20.0. The number of nitrogens with one attached hydrogen (secondary N) is 2. The van der Waals surface area contributed by atoms with Crippen molar-refractivity contribution in [3.05, 3.63) is 137 Å². The lowest BCUT2D eigenvalue weighted by molar-refractivity contribution is 0.101. The van der Waals surface area contributed by atoms with Crippen molar-refractivity contribution < 1.29 is 38.7 Å². The predicted octanol–water partition coefficient (Wildman–Crippen LogP) is 10.8. The zero-order valence-corrected chi connectivity index (χ0v) is 36.7. The van der Waals surface area contributed by atoms with Gasteiger partial charge in [-0.25, -0.2) is 19.9 Å². The Labute approximate surface area is 382 Å². The van der Waals surface area contributed by atoms with Gasteiger partial charge in [0.05, 0.1) is 53.3 Å². The Morgan fingerprint density at radius 2 is 1.42 bits per heavy atom. The number of fused-ring (bicyclic) bond motifs is 2. The number of benzene rings is 4. The van der Waals surface area contributed by atoms with E-state index in [4.69, 9.17) is 47.1 Å². The molecule has 65 heavy (non-hydrogen) atoms. The van der Waals surface area contributed by atoms with E-state index in [-0.39, 0.29) is 34.5 Å². The minimum absolute atomic E-state index is 0.0275. The summed E-state index contributed by atoms with van der Waals surface area (Å²) in [6.07, 6.45) is 2.12. The van der Waals surface area contributed by atoms with Gasteiger partial charge in [-0.2, -0.15) is 0 Å². The monoisotopic (exact) mass is 911 g/mol. The van der Waals surface area contributed by atoms with Crippen molar-refractivity contribution in [2.24, 2.45) is 0 Å². The summed E-state index contributed by atoms with van der Waals surface area (Å²) in [7, 11) is 4.58. The lowest BCUT2D eigenvalue weighted by Crippen LogP contribution is -2.15. The highest BCUT2D eigenvalue weighted by Crippen LogP contribution is 2.39. The van der Waals surface area contributed by atoms with Crippen molar-refractivity contribution in [2.45, 2.75) is 13.3 Å². The first kappa shape index (κ1) is 43.8. The quantitative estimate of drug-likeness (QED) is 0.0807. The molecule has 0 atom stereocenters. The van der Waals surface area contributed by atoms with Crippen LogP contribution in [-0.2, 0) is 0 Å². The second-order valence-corrected chi connectivity index (χ2v) is 15.2. The number of ether oxygens (including phenoxy) is 4. The van der Waals surface area contributed by atoms with E-state index in [1.54, 1.807) is 78.9 Å². The van der Waals surface area contributed by atoms with Gasteiger partial charge in [0.15, 0.2) is 34.4 Å². The van der Waals surface area contributed by atoms with E-state index >= 15 is 0 Å². The lowest BCUT2D eigenvalue weighted by atomic mass is 10.1. The van der Waals surface area contributed by atoms with Crippen LogP contribution in [0, 0.1) is 0 Å². The standard InChI is InChI=1S/C48H39Cl2N7O8/c1-5-20-64-39-25-42(65-37-9-7-6-8-31(37)49)55-34-15-13-29(23-30(34)39)53-48(61)44-46(59)40(63-4)24-35(56-44)27-10-16-36(32(50)22-27)57(2)41-17-11-26-21-28(12-14-33(26)54-41)52-47(60)43-45(58)38(62-3)18-19-51-43/h6-19,21-25,58-59H,5,20H2,1-4H3,(H,52,60)(H,53,61). The number of rotatable bonds is 14. The third-order valence-corrected chi connectivity index (χ3v) is 10.7. The number of halogens is 2. The van der Waals surface area contributed by atoms with Gasteiger partial charge in [0, 0.05) is 59.2 Å². The Hall–Kier alpha value is -7.88. The minimum atomic E-state index is -0.697. The van der Waals surface area contributed by atoms with Gasteiger partial charge in [0.1, 0.15) is 17.3 Å². The Morgan fingerprint density at radius 3 is 2.15 bits per heavy atom. The Kier molecular flexibility index (Phi) is 12.7. The van der Waals surface area contributed by atoms with Crippen LogP contribution in [0.15, 0.2) is 115 Å². The number of hydrogen-bond donors (Lipinski definition) is 4. The fourth-order valence-electron chi connectivity index (χ4n) is 6.84. The summed E-state index contributed by atoms with van der Waals surface area (Å²) < 4.78 is 22.6. The number of aromatic hydroxyl groups is 2. The number of anilines is 4. The van der Waals surface area contributed by atoms with Gasteiger partial charge < -0.3 is 44.7 Å². The van der Waals surface area contributed by atoms with Crippen LogP contribution in [-0.4, -0.2) is 69.8 Å². The van der Waals surface area contributed by atoms with E-state index in [0.717, 1.165) is 11.8 Å². The second kappa shape index (κ2) is 18.8. The number of pyridine rings is 4. The van der Waals surface area contributed by atoms with Gasteiger partial charge in [0.2, 0.25) is 5.88 Å². The molecule has 4 N–H and O–H groups in total. The fourth-order valence-corrected chi connectivity index (χ4v) is 7.32. The number of carbonyl (C=O) groups excluding carboxylic acids is 2. The molecule has 8 rings (SSSR count). The van der Waals surface area contributed by atoms with Crippen LogP contribution in [0.5, 0.6) is 40.4 Å². The lowest BCUT2D eigenvalue weighted by Gasteiger charge is -2.21. The highest BCUT2D eigenvalue weighted by molar-refractivity contribution is 6.33. The highest BCUT2D eigenvalue weighted by atomic mass is 35.5. The molecule has 0 fully saturated rings. The molecule has 0 aliphatic carbocycles. The summed E-state index contributed by atoms with van der Waals surface area (Å²) in [4.78, 5) is 46.5. The summed E-state index contributed by atoms with van der Waals surface area (Å²) >= 11 is 13.2. The van der Waals surface area contributed by atoms with Gasteiger partial charge in [-0.05, 0) is 79.2 Å². The van der Waals surface area contributed by atoms with Crippen LogP contribution >= 0.6 is 23.2 Å². The van der Waals surface area contributed by atoms with Crippen molar-refractivity contribution in [1.82, 2.24) is 19.9 Å². The molecule has 8 aromatic rings. The number of para-hydroxylation sites is 1. The van der Waals surface area contributed by atoms with Crippen LogP contribution < -0.4 is 34.5 Å². The van der Waals surface area contributed by atoms with Crippen LogP contribution in [0.1, 0.15) is 34.3 Å². The molecular formula is C48H39Cl2N7O8. The zero-order chi connectivity index (χ0) is 45.8. The van der Waals surface area contributed by atoms with Crippen LogP contribution in [0.3, 0.4) is 0 Å². The number of amides is 2. The third-order valence-electron chi connectivity index (χ3n) is 10.1. The molecular weight excluding hydrogens is 873 g/mol. The van der Waals surface area contributed by atoms with E-state index in [2.05, 4.69) is 25.6 Å². The van der Waals surface area contributed by atoms with Crippen molar-refractivity contribution in [2.75, 3.05) is 43.4 Å². The molecule has 2 amide bonds. The third kappa shape index (κ3) is 9.28. The minimum Gasteiger partial charge on any atom is -0.503 e. The van der Waals surface area contributed by atoms with Crippen molar-refractivity contribution in [3.8, 4) is 51.6 Å². The second-order valence-electron chi connectivity index (χ2n) is 14.4. The molecule has 0 aliphatic heterocycles. The molecule has 0 saturated heterocycles. The molecule has 0 aliphatic rings. The largest absolute Gasteiger partial charge is 0.503 e. The molecule has 15 nitrogen and oxygen atoms in total. The maximum atomic E-state index is 13.8. The number of aromatic nitrogens is 4. The summed E-state index contributed by atoms with van der Waals surface area (Å²) in [6.45, 7) is 2.42. The molecule has 0 bridgehead atoms. The van der Waals surface area contributed by atoms with Gasteiger partial charge in [-0.1, -0.05) is 48.3 Å². The molecule has 4 aromatic carbocycles. The molecule has 4 heterocycles. The van der Waals surface area contributed by atoms with E-state index in [1.165, 1.54) is 32.5 Å². The van der Waals surface area contributed by atoms with Crippen molar-refractivity contribution in [3.63, 3.8) is 0 Å². The maximum absolute atomic E-state index is 13.8. The normalized spacial score (nSPS) is 11.0. The summed E-state index contributed by atoms with van der Waals surface area (Å²) in [6, 6.07) is 30.9. The smallest absolute Gasteiger partial charge is 0.278 e. The maximum Gasteiger partial charge on any atom is 0.278 e. The van der Waals surface area contributed by atoms with Gasteiger partial charge >= 0.3 is 0 Å². The summed E-state index contributed by atoms with van der Waals surface area (Å²) in [5.74, 6) is -0.154. The van der Waals surface area contributed by atoms with Crippen molar-refractivity contribution in [1.29, 1.82) is 0 Å². The summed E-state index contributed by atoms with van der Waals surface area (Å²) in [5.41, 5.74) is 3.09. The van der Waals surface area contributed by atoms with Crippen molar-refractivity contribution >= 4 is 79.7 Å². The number of hydrogen-bond acceptors (Lipinski definition) is 13. The average molecular weight is 913 g/mol. The fraction of sp³-hybridized carbons (Fsp3) is 0.125. The number of methoxy groups -OCH3 is 2. The predicted molar refractivity (Wildman–Crippen MR) is 250 cm³/mol. The molecule has 0 saturated carbocycles. The Balaban J connectivity index is 1.01. The number of carbonyl (C=O) groups is 2. The van der Waals surface area contributed by atoms with E-state index in [1.807, 2.05) is 37.1 Å². The first-order chi connectivity index (χ1) is 31.4. The Bertz CT molecular complexity index is 3140. The van der Waals surface area contributed by atoms with E-state index in [9.17, 15) is 19.8 Å². The van der Waals surface area contributed by atoms with Gasteiger partial charge in [-0.15, -0.1) is 0 Å². The molecule has 4 aromatic heterocycles. The van der Waals surface area contributed by atoms with Crippen LogP contribution in [0.2, 0.25) is 10.0 Å². The van der Waals surface area contributed by atoms with Crippen LogP contribution in [0.25, 0.3) is 33.1 Å². The Morgan fingerprint density at radius 1 is 0.692 bits per heavy atom. The van der Waals surface area contributed by atoms with Gasteiger partial charge in [0.25, 0.3) is 11.8 Å².